The molecule has 0 bridgehead atoms. The van der Waals surface area contributed by atoms with E-state index >= 15 is 0 Å². The first kappa shape index (κ1) is 28.9. The van der Waals surface area contributed by atoms with Crippen molar-refractivity contribution in [3.63, 3.8) is 0 Å². The van der Waals surface area contributed by atoms with Crippen LogP contribution in [0.15, 0.2) is 42.5 Å². The Kier molecular flexibility index (Phi) is 14.1. The van der Waals surface area contributed by atoms with E-state index < -0.39 is 0 Å². The van der Waals surface area contributed by atoms with E-state index in [1.54, 1.807) is 13.0 Å². The van der Waals surface area contributed by atoms with Gasteiger partial charge >= 0.3 is 5.97 Å². The minimum Gasteiger partial charge on any atom is -0.485 e. The zero-order valence-electron chi connectivity index (χ0n) is 22.1. The van der Waals surface area contributed by atoms with Crippen LogP contribution in [0.2, 0.25) is 0 Å². The molecular weight excluding hydrogens is 436 g/mol. The fourth-order valence-corrected chi connectivity index (χ4v) is 4.37. The van der Waals surface area contributed by atoms with Gasteiger partial charge in [0.25, 0.3) is 0 Å². The summed E-state index contributed by atoms with van der Waals surface area (Å²) in [5.74, 6) is 0.651. The van der Waals surface area contributed by atoms with Crippen molar-refractivity contribution >= 4 is 11.8 Å². The minimum absolute atomic E-state index is 0.0413. The number of ether oxygens (including phenoxy) is 2. The molecule has 0 aliphatic carbocycles. The zero-order valence-corrected chi connectivity index (χ0v) is 22.1. The van der Waals surface area contributed by atoms with Gasteiger partial charge in [-0.25, -0.2) is 0 Å². The van der Waals surface area contributed by atoms with E-state index in [4.69, 9.17) is 9.47 Å². The van der Waals surface area contributed by atoms with E-state index in [0.717, 1.165) is 29.7 Å². The lowest BCUT2D eigenvalue weighted by molar-refractivity contribution is -0.143. The molecule has 0 aromatic heterocycles. The van der Waals surface area contributed by atoms with Crippen LogP contribution < -0.4 is 4.74 Å². The largest absolute Gasteiger partial charge is 0.485 e. The quantitative estimate of drug-likeness (QED) is 0.0860. The third-order valence-corrected chi connectivity index (χ3v) is 6.66. The molecule has 0 saturated heterocycles. The third-order valence-electron chi connectivity index (χ3n) is 6.66. The molecule has 1 unspecified atom stereocenters. The van der Waals surface area contributed by atoms with Crippen LogP contribution in [0, 0.1) is 0 Å². The predicted molar refractivity (Wildman–Crippen MR) is 144 cm³/mol. The van der Waals surface area contributed by atoms with Crippen molar-refractivity contribution in [2.24, 2.45) is 0 Å². The standard InChI is InChI=1S/C31H46O4/c1-4-5-6-7-8-9-10-11-12-13-14-15-16-17-18-19-31(33)34-24-25(2)30-23-28-22-27(26(3)32)20-21-29(28)35-30/h11-12,20-22,30H,2,4-10,13-19,23-24H2,1,3H3/b12-11-. The van der Waals surface area contributed by atoms with Crippen molar-refractivity contribution in [1.82, 2.24) is 0 Å². The Morgan fingerprint density at radius 2 is 1.60 bits per heavy atom. The maximum absolute atomic E-state index is 12.1. The Labute approximate surface area is 213 Å². The van der Waals surface area contributed by atoms with E-state index in [0.29, 0.717) is 18.4 Å². The van der Waals surface area contributed by atoms with Crippen LogP contribution in [-0.2, 0) is 16.0 Å². The third kappa shape index (κ3) is 11.7. The summed E-state index contributed by atoms with van der Waals surface area (Å²) in [6.45, 7) is 8.05. The van der Waals surface area contributed by atoms with Gasteiger partial charge < -0.3 is 9.47 Å². The number of Topliss-reactive ketones (excluding diaryl/α,β-unsaturated/α-hetero) is 1. The smallest absolute Gasteiger partial charge is 0.306 e. The topological polar surface area (TPSA) is 52.6 Å². The van der Waals surface area contributed by atoms with Gasteiger partial charge in [0.1, 0.15) is 18.5 Å². The molecule has 1 aromatic rings. The molecular formula is C31H46O4. The second-order valence-electron chi connectivity index (χ2n) is 9.84. The number of fused-ring (bicyclic) bond motifs is 1. The van der Waals surface area contributed by atoms with Crippen LogP contribution in [0.5, 0.6) is 5.75 Å². The summed E-state index contributed by atoms with van der Waals surface area (Å²) in [7, 11) is 0. The lowest BCUT2D eigenvalue weighted by Gasteiger charge is -2.14. The van der Waals surface area contributed by atoms with Crippen molar-refractivity contribution in [3.05, 3.63) is 53.6 Å². The van der Waals surface area contributed by atoms with Crippen LogP contribution in [0.3, 0.4) is 0 Å². The van der Waals surface area contributed by atoms with Crippen molar-refractivity contribution in [2.75, 3.05) is 6.61 Å². The molecule has 1 aliphatic rings. The molecule has 0 fully saturated rings. The normalized spacial score (nSPS) is 14.6. The molecule has 4 heteroatoms. The Morgan fingerprint density at radius 1 is 0.971 bits per heavy atom. The van der Waals surface area contributed by atoms with Crippen molar-refractivity contribution in [3.8, 4) is 5.75 Å². The fourth-order valence-electron chi connectivity index (χ4n) is 4.37. The fraction of sp³-hybridized carbons (Fsp3) is 0.613. The Balaban J connectivity index is 1.44. The molecule has 194 valence electrons. The van der Waals surface area contributed by atoms with Gasteiger partial charge in [0.05, 0.1) is 0 Å². The number of esters is 1. The lowest BCUT2D eigenvalue weighted by atomic mass is 10.0. The molecule has 1 aromatic carbocycles. The average Bonchev–Trinajstić information content (AvgIpc) is 3.28. The van der Waals surface area contributed by atoms with E-state index in [-0.39, 0.29) is 24.5 Å². The van der Waals surface area contributed by atoms with Gasteiger partial charge in [0.2, 0.25) is 0 Å². The van der Waals surface area contributed by atoms with Gasteiger partial charge in [-0.3, -0.25) is 9.59 Å². The van der Waals surface area contributed by atoms with Gasteiger partial charge in [0, 0.05) is 24.0 Å². The molecule has 0 radical (unpaired) electrons. The summed E-state index contributed by atoms with van der Waals surface area (Å²) in [6.07, 6.45) is 21.7. The Morgan fingerprint density at radius 3 is 2.26 bits per heavy atom. The Bertz CT molecular complexity index is 823. The highest BCUT2D eigenvalue weighted by atomic mass is 16.5. The summed E-state index contributed by atoms with van der Waals surface area (Å²) in [5, 5.41) is 0. The summed E-state index contributed by atoms with van der Waals surface area (Å²) in [4.78, 5) is 23.7. The first-order valence-electron chi connectivity index (χ1n) is 13.8. The number of allylic oxidation sites excluding steroid dienone is 2. The van der Waals surface area contributed by atoms with E-state index in [1.807, 2.05) is 12.1 Å². The highest BCUT2D eigenvalue weighted by Crippen LogP contribution is 2.32. The number of carbonyl (C=O) groups is 2. The number of unbranched alkanes of at least 4 members (excludes halogenated alkanes) is 11. The molecule has 0 amide bonds. The minimum atomic E-state index is -0.208. The van der Waals surface area contributed by atoms with Crippen LogP contribution >= 0.6 is 0 Å². The zero-order chi connectivity index (χ0) is 25.3. The molecule has 0 N–H and O–H groups in total. The van der Waals surface area contributed by atoms with Crippen LogP contribution in [0.4, 0.5) is 0 Å². The van der Waals surface area contributed by atoms with Gasteiger partial charge in [-0.15, -0.1) is 0 Å². The van der Waals surface area contributed by atoms with Crippen molar-refractivity contribution in [2.45, 2.75) is 116 Å². The van der Waals surface area contributed by atoms with E-state index in [1.165, 1.54) is 70.6 Å². The number of benzene rings is 1. The highest BCUT2D eigenvalue weighted by Gasteiger charge is 2.26. The maximum Gasteiger partial charge on any atom is 0.306 e. The number of carbonyl (C=O) groups excluding carboxylic acids is 2. The Hall–Kier alpha value is -2.36. The average molecular weight is 483 g/mol. The molecule has 1 heterocycles. The maximum atomic E-state index is 12.1. The molecule has 4 nitrogen and oxygen atoms in total. The SMILES string of the molecule is C=C(COC(=O)CCCCCCC/C=C\CCCCCCCC)C1Cc2cc(C(C)=O)ccc2O1. The van der Waals surface area contributed by atoms with Crippen molar-refractivity contribution < 1.29 is 19.1 Å². The number of rotatable bonds is 19. The molecule has 1 aliphatic heterocycles. The summed E-state index contributed by atoms with van der Waals surface area (Å²) < 4.78 is 11.3. The first-order chi connectivity index (χ1) is 17.0. The number of hydrogen-bond acceptors (Lipinski definition) is 4. The lowest BCUT2D eigenvalue weighted by Crippen LogP contribution is -2.20. The summed E-state index contributed by atoms with van der Waals surface area (Å²) in [5.41, 5.74) is 2.44. The second kappa shape index (κ2) is 17.1. The molecule has 35 heavy (non-hydrogen) atoms. The van der Waals surface area contributed by atoms with E-state index in [2.05, 4.69) is 25.7 Å². The molecule has 2 rings (SSSR count). The monoisotopic (exact) mass is 482 g/mol. The summed E-state index contributed by atoms with van der Waals surface area (Å²) in [6, 6.07) is 5.49. The first-order valence-corrected chi connectivity index (χ1v) is 13.8. The highest BCUT2D eigenvalue weighted by molar-refractivity contribution is 5.94. The molecule has 0 saturated carbocycles. The predicted octanol–water partition coefficient (Wildman–Crippen LogP) is 8.33. The van der Waals surface area contributed by atoms with E-state index in [9.17, 15) is 9.59 Å². The van der Waals surface area contributed by atoms with Gasteiger partial charge in [-0.2, -0.15) is 0 Å². The number of hydrogen-bond donors (Lipinski definition) is 0. The molecule has 1 atom stereocenters. The van der Waals surface area contributed by atoms with Crippen LogP contribution in [0.25, 0.3) is 0 Å². The summed E-state index contributed by atoms with van der Waals surface area (Å²) >= 11 is 0. The number of ketones is 1. The van der Waals surface area contributed by atoms with Crippen LogP contribution in [0.1, 0.15) is 120 Å². The second-order valence-corrected chi connectivity index (χ2v) is 9.84. The molecule has 0 spiro atoms. The van der Waals surface area contributed by atoms with Gasteiger partial charge in [-0.1, -0.05) is 77.0 Å². The van der Waals surface area contributed by atoms with Crippen LogP contribution in [-0.4, -0.2) is 24.5 Å². The van der Waals surface area contributed by atoms with Crippen molar-refractivity contribution in [1.29, 1.82) is 0 Å². The van der Waals surface area contributed by atoms with Gasteiger partial charge in [-0.05, 0) is 62.8 Å². The van der Waals surface area contributed by atoms with Gasteiger partial charge in [0.15, 0.2) is 5.78 Å².